The molecule has 100 valence electrons. The number of hydrogen-bond acceptors (Lipinski definition) is 2. The van der Waals surface area contributed by atoms with Crippen molar-refractivity contribution in [3.05, 3.63) is 34.6 Å². The summed E-state index contributed by atoms with van der Waals surface area (Å²) in [6.45, 7) is 2.55. The molecule has 1 aliphatic carbocycles. The van der Waals surface area contributed by atoms with E-state index in [0.717, 1.165) is 31.7 Å². The van der Waals surface area contributed by atoms with Crippen molar-refractivity contribution in [2.24, 2.45) is 5.41 Å². The molecule has 0 heterocycles. The number of hydrogen-bond donors (Lipinski definition) is 1. The smallest absolute Gasteiger partial charge is 0.141 e. The van der Waals surface area contributed by atoms with Crippen LogP contribution in [0.4, 0.5) is 4.39 Å². The third kappa shape index (κ3) is 3.67. The normalized spacial score (nSPS) is 16.8. The first kappa shape index (κ1) is 13.8. The van der Waals surface area contributed by atoms with E-state index in [1.807, 2.05) is 0 Å². The Morgan fingerprint density at radius 2 is 2.22 bits per heavy atom. The van der Waals surface area contributed by atoms with Gasteiger partial charge in [-0.3, -0.25) is 0 Å². The average molecular weight is 272 g/mol. The molecule has 18 heavy (non-hydrogen) atoms. The Balaban J connectivity index is 1.76. The zero-order valence-corrected chi connectivity index (χ0v) is 11.4. The van der Waals surface area contributed by atoms with Gasteiger partial charge >= 0.3 is 0 Å². The summed E-state index contributed by atoms with van der Waals surface area (Å²) in [7, 11) is 1.74. The number of ether oxygens (including phenoxy) is 1. The summed E-state index contributed by atoms with van der Waals surface area (Å²) in [5.41, 5.74) is 1.45. The molecule has 2 rings (SSSR count). The molecule has 1 aliphatic rings. The Morgan fingerprint density at radius 3 is 2.83 bits per heavy atom. The maximum absolute atomic E-state index is 13.0. The summed E-state index contributed by atoms with van der Waals surface area (Å²) in [5.74, 6) is -0.362. The van der Waals surface area contributed by atoms with Crippen LogP contribution in [0.1, 0.15) is 24.8 Å². The standard InChI is InChI=1S/C14H19ClFNO/c1-18-7-6-14(4-5-14)10-17-9-11-2-3-13(16)12(15)8-11/h2-3,8,17H,4-7,9-10H2,1H3. The number of benzene rings is 1. The van der Waals surface area contributed by atoms with E-state index in [1.165, 1.54) is 18.9 Å². The summed E-state index contributed by atoms with van der Waals surface area (Å²) in [5, 5.41) is 3.61. The number of nitrogens with one attached hydrogen (secondary N) is 1. The molecule has 4 heteroatoms. The minimum atomic E-state index is -0.362. The number of halogens is 2. The molecule has 0 bridgehead atoms. The van der Waals surface area contributed by atoms with Crippen molar-refractivity contribution < 1.29 is 9.13 Å². The van der Waals surface area contributed by atoms with Gasteiger partial charge in [0.15, 0.2) is 0 Å². The fourth-order valence-corrected chi connectivity index (χ4v) is 2.34. The molecule has 1 aromatic rings. The highest BCUT2D eigenvalue weighted by Crippen LogP contribution is 2.48. The molecular weight excluding hydrogens is 253 g/mol. The second kappa shape index (κ2) is 6.00. The zero-order chi connectivity index (χ0) is 13.0. The van der Waals surface area contributed by atoms with Crippen molar-refractivity contribution in [3.8, 4) is 0 Å². The van der Waals surface area contributed by atoms with Gasteiger partial charge in [0.25, 0.3) is 0 Å². The van der Waals surface area contributed by atoms with Gasteiger partial charge in [-0.1, -0.05) is 17.7 Å². The summed E-state index contributed by atoms with van der Waals surface area (Å²) < 4.78 is 18.1. The molecule has 2 nitrogen and oxygen atoms in total. The first-order chi connectivity index (χ1) is 8.65. The highest BCUT2D eigenvalue weighted by molar-refractivity contribution is 6.30. The zero-order valence-electron chi connectivity index (χ0n) is 10.6. The molecule has 0 amide bonds. The van der Waals surface area contributed by atoms with Crippen molar-refractivity contribution in [1.82, 2.24) is 5.32 Å². The van der Waals surface area contributed by atoms with E-state index in [-0.39, 0.29) is 10.8 Å². The van der Waals surface area contributed by atoms with Crippen molar-refractivity contribution in [2.75, 3.05) is 20.3 Å². The van der Waals surface area contributed by atoms with Crippen molar-refractivity contribution >= 4 is 11.6 Å². The summed E-state index contributed by atoms with van der Waals surface area (Å²) in [4.78, 5) is 0. The predicted octanol–water partition coefficient (Wildman–Crippen LogP) is 3.39. The molecule has 1 aromatic carbocycles. The molecule has 0 aromatic heterocycles. The molecule has 0 saturated heterocycles. The lowest BCUT2D eigenvalue weighted by atomic mass is 10.0. The first-order valence-electron chi connectivity index (χ1n) is 6.29. The maximum atomic E-state index is 13.0. The lowest BCUT2D eigenvalue weighted by Crippen LogP contribution is -2.24. The van der Waals surface area contributed by atoms with Crippen LogP contribution in [-0.4, -0.2) is 20.3 Å². The van der Waals surface area contributed by atoms with Crippen LogP contribution >= 0.6 is 11.6 Å². The summed E-state index contributed by atoms with van der Waals surface area (Å²) >= 11 is 5.74. The van der Waals surface area contributed by atoms with Crippen LogP contribution in [0.2, 0.25) is 5.02 Å². The molecule has 0 atom stereocenters. The molecule has 1 N–H and O–H groups in total. The van der Waals surface area contributed by atoms with Crippen LogP contribution in [0.25, 0.3) is 0 Å². The number of rotatable bonds is 7. The molecule has 0 unspecified atom stereocenters. The highest BCUT2D eigenvalue weighted by atomic mass is 35.5. The van der Waals surface area contributed by atoms with E-state index in [9.17, 15) is 4.39 Å². The van der Waals surface area contributed by atoms with E-state index in [4.69, 9.17) is 16.3 Å². The van der Waals surface area contributed by atoms with Gasteiger partial charge in [-0.2, -0.15) is 0 Å². The first-order valence-corrected chi connectivity index (χ1v) is 6.67. The van der Waals surface area contributed by atoms with Crippen molar-refractivity contribution in [3.63, 3.8) is 0 Å². The molecule has 1 fully saturated rings. The van der Waals surface area contributed by atoms with Gasteiger partial charge in [0, 0.05) is 26.8 Å². The largest absolute Gasteiger partial charge is 0.385 e. The van der Waals surface area contributed by atoms with Crippen LogP contribution in [0, 0.1) is 11.2 Å². The third-order valence-electron chi connectivity index (χ3n) is 3.61. The van der Waals surface area contributed by atoms with E-state index in [2.05, 4.69) is 5.32 Å². The van der Waals surface area contributed by atoms with Gasteiger partial charge in [-0.25, -0.2) is 4.39 Å². The van der Waals surface area contributed by atoms with Gasteiger partial charge in [0.1, 0.15) is 5.82 Å². The minimum Gasteiger partial charge on any atom is -0.385 e. The van der Waals surface area contributed by atoms with E-state index in [0.29, 0.717) is 5.41 Å². The number of methoxy groups -OCH3 is 1. The Morgan fingerprint density at radius 1 is 1.44 bits per heavy atom. The Kier molecular flexibility index (Phi) is 4.60. The Labute approximate surface area is 112 Å². The van der Waals surface area contributed by atoms with E-state index < -0.39 is 0 Å². The Hall–Kier alpha value is -0.640. The molecule has 0 radical (unpaired) electrons. The molecular formula is C14H19ClFNO. The summed E-state index contributed by atoms with van der Waals surface area (Å²) in [6, 6.07) is 4.86. The fraction of sp³-hybridized carbons (Fsp3) is 0.571. The van der Waals surface area contributed by atoms with Gasteiger partial charge < -0.3 is 10.1 Å². The average Bonchev–Trinajstić information content (AvgIpc) is 3.12. The predicted molar refractivity (Wildman–Crippen MR) is 71.3 cm³/mol. The molecule has 0 spiro atoms. The van der Waals surface area contributed by atoms with Gasteiger partial charge in [0.2, 0.25) is 0 Å². The monoisotopic (exact) mass is 271 g/mol. The lowest BCUT2D eigenvalue weighted by molar-refractivity contribution is 0.171. The van der Waals surface area contributed by atoms with Gasteiger partial charge in [-0.05, 0) is 42.4 Å². The molecule has 0 aliphatic heterocycles. The Bertz CT molecular complexity index is 407. The lowest BCUT2D eigenvalue weighted by Gasteiger charge is -2.15. The highest BCUT2D eigenvalue weighted by Gasteiger charge is 2.41. The van der Waals surface area contributed by atoms with E-state index >= 15 is 0 Å². The van der Waals surface area contributed by atoms with Crippen LogP contribution in [0.5, 0.6) is 0 Å². The van der Waals surface area contributed by atoms with Crippen molar-refractivity contribution in [1.29, 1.82) is 0 Å². The van der Waals surface area contributed by atoms with Crippen LogP contribution in [0.15, 0.2) is 18.2 Å². The maximum Gasteiger partial charge on any atom is 0.141 e. The van der Waals surface area contributed by atoms with Crippen LogP contribution in [-0.2, 0) is 11.3 Å². The minimum absolute atomic E-state index is 0.190. The third-order valence-corrected chi connectivity index (χ3v) is 3.90. The van der Waals surface area contributed by atoms with Gasteiger partial charge in [0.05, 0.1) is 5.02 Å². The van der Waals surface area contributed by atoms with E-state index in [1.54, 1.807) is 19.2 Å². The topological polar surface area (TPSA) is 21.3 Å². The quantitative estimate of drug-likeness (QED) is 0.821. The van der Waals surface area contributed by atoms with Crippen LogP contribution in [0.3, 0.4) is 0 Å². The second-order valence-corrected chi connectivity index (χ2v) is 5.50. The summed E-state index contributed by atoms with van der Waals surface area (Å²) in [6.07, 6.45) is 3.65. The molecule has 1 saturated carbocycles. The van der Waals surface area contributed by atoms with Crippen LogP contribution < -0.4 is 5.32 Å². The SMILES string of the molecule is COCCC1(CNCc2ccc(F)c(Cl)c2)CC1. The second-order valence-electron chi connectivity index (χ2n) is 5.09. The van der Waals surface area contributed by atoms with Crippen molar-refractivity contribution in [2.45, 2.75) is 25.8 Å². The fourth-order valence-electron chi connectivity index (χ4n) is 2.13. The van der Waals surface area contributed by atoms with Gasteiger partial charge in [-0.15, -0.1) is 0 Å².